The lowest BCUT2D eigenvalue weighted by Crippen LogP contribution is -2.32. The molecule has 32 heavy (non-hydrogen) atoms. The van der Waals surface area contributed by atoms with Gasteiger partial charge in [-0.05, 0) is 38.5 Å². The van der Waals surface area contributed by atoms with Crippen LogP contribution in [0.15, 0.2) is 24.3 Å². The number of nitrogens with zero attached hydrogens (tertiary/aromatic N) is 1. The van der Waals surface area contributed by atoms with Crippen LogP contribution in [0.1, 0.15) is 66.6 Å². The number of carbonyl (C=O) groups excluding carboxylic acids is 5. The van der Waals surface area contributed by atoms with Crippen LogP contribution in [0.2, 0.25) is 0 Å². The summed E-state index contributed by atoms with van der Waals surface area (Å²) in [6.45, 7) is 5.04. The summed E-state index contributed by atoms with van der Waals surface area (Å²) in [6, 6.07) is 6.45. The molecule has 0 fully saturated rings. The van der Waals surface area contributed by atoms with Gasteiger partial charge in [-0.1, -0.05) is 12.1 Å². The molecule has 1 aliphatic rings. The minimum absolute atomic E-state index is 0.0778. The van der Waals surface area contributed by atoms with Gasteiger partial charge in [0.15, 0.2) is 0 Å². The van der Waals surface area contributed by atoms with Gasteiger partial charge in [-0.15, -0.1) is 11.3 Å². The van der Waals surface area contributed by atoms with E-state index in [1.807, 2.05) is 0 Å². The van der Waals surface area contributed by atoms with Crippen molar-refractivity contribution in [1.82, 2.24) is 4.90 Å². The first-order chi connectivity index (χ1) is 15.3. The van der Waals surface area contributed by atoms with E-state index in [1.54, 1.807) is 45.0 Å². The van der Waals surface area contributed by atoms with E-state index in [0.29, 0.717) is 16.7 Å². The van der Waals surface area contributed by atoms with Crippen molar-refractivity contribution in [3.63, 3.8) is 0 Å². The first-order valence-corrected chi connectivity index (χ1v) is 10.8. The third-order valence-electron chi connectivity index (χ3n) is 4.78. The molecule has 2 heterocycles. The predicted octanol–water partition coefficient (Wildman–Crippen LogP) is 3.03. The smallest absolute Gasteiger partial charge is 0.348 e. The van der Waals surface area contributed by atoms with Gasteiger partial charge in [-0.3, -0.25) is 19.3 Å². The van der Waals surface area contributed by atoms with Crippen molar-refractivity contribution in [2.24, 2.45) is 0 Å². The first kappa shape index (κ1) is 23.1. The molecule has 0 bridgehead atoms. The Hall–Kier alpha value is -3.53. The van der Waals surface area contributed by atoms with Gasteiger partial charge in [-0.25, -0.2) is 9.59 Å². The number of rotatable bonds is 8. The van der Waals surface area contributed by atoms with Gasteiger partial charge in [0.2, 0.25) is 5.91 Å². The molecular weight excluding hydrogens is 436 g/mol. The van der Waals surface area contributed by atoms with Crippen LogP contribution >= 0.6 is 11.3 Å². The topological polar surface area (TPSA) is 119 Å². The van der Waals surface area contributed by atoms with Crippen LogP contribution in [0.4, 0.5) is 5.00 Å². The third-order valence-corrected chi connectivity index (χ3v) is 5.97. The van der Waals surface area contributed by atoms with E-state index in [1.165, 1.54) is 0 Å². The molecule has 0 saturated carbocycles. The first-order valence-electron chi connectivity index (χ1n) is 10.0. The molecule has 168 valence electrons. The normalized spacial score (nSPS) is 12.5. The van der Waals surface area contributed by atoms with Gasteiger partial charge in [0.1, 0.15) is 9.88 Å². The highest BCUT2D eigenvalue weighted by Gasteiger charge is 2.35. The van der Waals surface area contributed by atoms with Crippen molar-refractivity contribution in [1.29, 1.82) is 0 Å². The molecule has 0 aliphatic carbocycles. The highest BCUT2D eigenvalue weighted by Crippen LogP contribution is 2.34. The number of anilines is 1. The Morgan fingerprint density at radius 3 is 2.09 bits per heavy atom. The van der Waals surface area contributed by atoms with Gasteiger partial charge in [0.05, 0.1) is 29.9 Å². The maximum atomic E-state index is 12.6. The van der Waals surface area contributed by atoms with Crippen LogP contribution in [0, 0.1) is 6.92 Å². The fourth-order valence-corrected chi connectivity index (χ4v) is 4.39. The van der Waals surface area contributed by atoms with Gasteiger partial charge in [-0.2, -0.15) is 0 Å². The van der Waals surface area contributed by atoms with E-state index in [0.717, 1.165) is 16.2 Å². The highest BCUT2D eigenvalue weighted by atomic mass is 32.1. The van der Waals surface area contributed by atoms with Gasteiger partial charge in [0.25, 0.3) is 11.8 Å². The van der Waals surface area contributed by atoms with Crippen LogP contribution < -0.4 is 5.32 Å². The standard InChI is InChI=1S/C22H22N2O7S/c1-4-30-21(28)16-12(3)17(22(29)31-5-2)32-18(16)23-15(25)10-11-24-19(26)13-8-6-7-9-14(13)20(24)27/h6-9H,4-5,10-11H2,1-3H3,(H,23,25). The monoisotopic (exact) mass is 458 g/mol. The van der Waals surface area contributed by atoms with Crippen molar-refractivity contribution < 1.29 is 33.4 Å². The largest absolute Gasteiger partial charge is 0.462 e. The number of imide groups is 1. The second kappa shape index (κ2) is 9.73. The maximum absolute atomic E-state index is 12.6. The number of esters is 2. The second-order valence-corrected chi connectivity index (χ2v) is 7.83. The molecule has 0 radical (unpaired) electrons. The second-order valence-electron chi connectivity index (χ2n) is 6.81. The van der Waals surface area contributed by atoms with E-state index in [2.05, 4.69) is 5.32 Å². The molecule has 1 aromatic heterocycles. The summed E-state index contributed by atoms with van der Waals surface area (Å²) in [7, 11) is 0. The van der Waals surface area contributed by atoms with Crippen molar-refractivity contribution >= 4 is 46.0 Å². The van der Waals surface area contributed by atoms with Gasteiger partial charge >= 0.3 is 11.9 Å². The summed E-state index contributed by atoms with van der Waals surface area (Å²) in [4.78, 5) is 63.3. The van der Waals surface area contributed by atoms with E-state index in [4.69, 9.17) is 9.47 Å². The van der Waals surface area contributed by atoms with Crippen LogP contribution in [0.3, 0.4) is 0 Å². The molecule has 1 N–H and O–H groups in total. The number of ether oxygens (including phenoxy) is 2. The van der Waals surface area contributed by atoms with Crippen LogP contribution in [-0.2, 0) is 14.3 Å². The molecule has 0 spiro atoms. The number of carbonyl (C=O) groups is 5. The minimum Gasteiger partial charge on any atom is -0.462 e. The van der Waals surface area contributed by atoms with E-state index >= 15 is 0 Å². The summed E-state index contributed by atoms with van der Waals surface area (Å²) in [5.74, 6) is -2.72. The van der Waals surface area contributed by atoms with Crippen molar-refractivity contribution in [2.45, 2.75) is 27.2 Å². The zero-order valence-corrected chi connectivity index (χ0v) is 18.7. The third kappa shape index (κ3) is 4.40. The molecule has 0 saturated heterocycles. The van der Waals surface area contributed by atoms with Crippen LogP contribution in [-0.4, -0.2) is 54.3 Å². The Bertz CT molecular complexity index is 1070. The molecule has 3 rings (SSSR count). The lowest BCUT2D eigenvalue weighted by Gasteiger charge is -2.13. The summed E-state index contributed by atoms with van der Waals surface area (Å²) < 4.78 is 10.1. The Kier molecular flexibility index (Phi) is 7.04. The molecule has 9 nitrogen and oxygen atoms in total. The van der Waals surface area contributed by atoms with Crippen LogP contribution in [0.5, 0.6) is 0 Å². The predicted molar refractivity (Wildman–Crippen MR) is 116 cm³/mol. The molecule has 10 heteroatoms. The van der Waals surface area contributed by atoms with Crippen molar-refractivity contribution in [3.8, 4) is 0 Å². The lowest BCUT2D eigenvalue weighted by atomic mass is 10.1. The molecule has 3 amide bonds. The Balaban J connectivity index is 1.75. The van der Waals surface area contributed by atoms with Crippen molar-refractivity contribution in [2.75, 3.05) is 25.1 Å². The fourth-order valence-electron chi connectivity index (χ4n) is 3.29. The number of nitrogens with one attached hydrogen (secondary N) is 1. The molecule has 1 aromatic carbocycles. The molecule has 0 unspecified atom stereocenters. The molecular formula is C22H22N2O7S. The number of benzene rings is 1. The quantitative estimate of drug-likeness (QED) is 0.477. The minimum atomic E-state index is -0.674. The Labute approximate surface area is 188 Å². The molecule has 2 aromatic rings. The average molecular weight is 458 g/mol. The summed E-state index contributed by atoms with van der Waals surface area (Å²) >= 11 is 0.911. The lowest BCUT2D eigenvalue weighted by molar-refractivity contribution is -0.116. The maximum Gasteiger partial charge on any atom is 0.348 e. The number of amides is 3. The molecule has 1 aliphatic heterocycles. The fraction of sp³-hybridized carbons (Fsp3) is 0.318. The van der Waals surface area contributed by atoms with Crippen LogP contribution in [0.25, 0.3) is 0 Å². The van der Waals surface area contributed by atoms with E-state index in [9.17, 15) is 24.0 Å². The number of fused-ring (bicyclic) bond motifs is 1. The zero-order valence-electron chi connectivity index (χ0n) is 17.9. The van der Waals surface area contributed by atoms with E-state index < -0.39 is 29.7 Å². The number of thiophene rings is 1. The van der Waals surface area contributed by atoms with Gasteiger partial charge < -0.3 is 14.8 Å². The highest BCUT2D eigenvalue weighted by molar-refractivity contribution is 7.18. The van der Waals surface area contributed by atoms with E-state index in [-0.39, 0.29) is 41.6 Å². The SMILES string of the molecule is CCOC(=O)c1sc(NC(=O)CCN2C(=O)c3ccccc3C2=O)c(C(=O)OCC)c1C. The summed E-state index contributed by atoms with van der Waals surface area (Å²) in [5.41, 5.74) is 1.03. The van der Waals surface area contributed by atoms with Crippen molar-refractivity contribution in [3.05, 3.63) is 51.4 Å². The Morgan fingerprint density at radius 2 is 1.53 bits per heavy atom. The Morgan fingerprint density at radius 1 is 0.969 bits per heavy atom. The number of hydrogen-bond acceptors (Lipinski definition) is 8. The average Bonchev–Trinajstić information content (AvgIpc) is 3.21. The summed E-state index contributed by atoms with van der Waals surface area (Å²) in [5, 5.41) is 2.75. The van der Waals surface area contributed by atoms with Gasteiger partial charge in [0, 0.05) is 13.0 Å². The zero-order chi connectivity index (χ0) is 23.4. The number of hydrogen-bond donors (Lipinski definition) is 1. The molecule has 0 atom stereocenters. The summed E-state index contributed by atoms with van der Waals surface area (Å²) in [6.07, 6.45) is -0.181.